The number of thiazole rings is 1. The first-order chi connectivity index (χ1) is 8.38. The number of anilines is 2. The fourth-order valence-electron chi connectivity index (χ4n) is 1.48. The maximum Gasteiger partial charge on any atom is 0.418 e. The monoisotopic (exact) mass is 272 g/mol. The number of para-hydroxylation sites is 1. The Morgan fingerprint density at radius 2 is 1.83 bits per heavy atom. The number of rotatable bonds is 2. The van der Waals surface area contributed by atoms with Gasteiger partial charge in [0.15, 0.2) is 5.13 Å². The summed E-state index contributed by atoms with van der Waals surface area (Å²) in [5.74, 6) is 0. The number of halogens is 3. The van der Waals surface area contributed by atoms with Gasteiger partial charge in [-0.3, -0.25) is 0 Å². The molecule has 1 heterocycles. The third-order valence-electron chi connectivity index (χ3n) is 2.50. The molecule has 1 aromatic carbocycles. The van der Waals surface area contributed by atoms with Crippen LogP contribution < -0.4 is 5.32 Å². The van der Waals surface area contributed by atoms with Gasteiger partial charge in [0.05, 0.1) is 16.9 Å². The second-order valence-corrected chi connectivity index (χ2v) is 5.03. The Bertz CT molecular complexity index is 541. The van der Waals surface area contributed by atoms with Crippen molar-refractivity contribution in [1.82, 2.24) is 4.98 Å². The van der Waals surface area contributed by atoms with Crippen molar-refractivity contribution in [3.8, 4) is 0 Å². The molecule has 0 bridgehead atoms. The summed E-state index contributed by atoms with van der Waals surface area (Å²) in [5, 5.41) is 3.20. The first-order valence-electron chi connectivity index (χ1n) is 5.25. The molecule has 0 aliphatic rings. The van der Waals surface area contributed by atoms with E-state index in [1.165, 1.54) is 23.5 Å². The van der Waals surface area contributed by atoms with Crippen molar-refractivity contribution < 1.29 is 13.2 Å². The van der Waals surface area contributed by atoms with E-state index < -0.39 is 11.7 Å². The van der Waals surface area contributed by atoms with Crippen molar-refractivity contribution in [2.45, 2.75) is 20.0 Å². The average Bonchev–Trinajstić information content (AvgIpc) is 2.57. The lowest BCUT2D eigenvalue weighted by Crippen LogP contribution is -2.08. The number of nitrogens with one attached hydrogen (secondary N) is 1. The molecule has 1 N–H and O–H groups in total. The van der Waals surface area contributed by atoms with E-state index in [4.69, 9.17) is 0 Å². The van der Waals surface area contributed by atoms with Crippen LogP contribution in [0.4, 0.5) is 24.0 Å². The molecule has 0 aliphatic carbocycles. The maximum absolute atomic E-state index is 12.8. The fraction of sp³-hybridized carbons (Fsp3) is 0.250. The highest BCUT2D eigenvalue weighted by Gasteiger charge is 2.33. The van der Waals surface area contributed by atoms with E-state index in [1.54, 1.807) is 6.07 Å². The first-order valence-corrected chi connectivity index (χ1v) is 6.07. The van der Waals surface area contributed by atoms with Gasteiger partial charge >= 0.3 is 6.18 Å². The number of benzene rings is 1. The number of aryl methyl sites for hydroxylation is 2. The van der Waals surface area contributed by atoms with Crippen LogP contribution in [-0.2, 0) is 6.18 Å². The van der Waals surface area contributed by atoms with E-state index in [2.05, 4.69) is 10.3 Å². The summed E-state index contributed by atoms with van der Waals surface area (Å²) in [6.07, 6.45) is -4.37. The van der Waals surface area contributed by atoms with Crippen LogP contribution in [0.5, 0.6) is 0 Å². The summed E-state index contributed by atoms with van der Waals surface area (Å²) < 4.78 is 38.3. The predicted octanol–water partition coefficient (Wildman–Crippen LogP) is 4.52. The van der Waals surface area contributed by atoms with Crippen molar-refractivity contribution in [3.63, 3.8) is 0 Å². The van der Waals surface area contributed by atoms with Gasteiger partial charge in [-0.05, 0) is 26.0 Å². The van der Waals surface area contributed by atoms with Gasteiger partial charge in [-0.25, -0.2) is 4.98 Å². The van der Waals surface area contributed by atoms with Crippen molar-refractivity contribution >= 4 is 22.2 Å². The van der Waals surface area contributed by atoms with Gasteiger partial charge in [-0.15, -0.1) is 11.3 Å². The lowest BCUT2D eigenvalue weighted by atomic mass is 10.2. The second-order valence-electron chi connectivity index (χ2n) is 3.83. The molecular weight excluding hydrogens is 261 g/mol. The molecule has 0 aliphatic heterocycles. The molecule has 2 nitrogen and oxygen atoms in total. The van der Waals surface area contributed by atoms with Gasteiger partial charge < -0.3 is 5.32 Å². The Kier molecular flexibility index (Phi) is 3.30. The van der Waals surface area contributed by atoms with Gasteiger partial charge in [0, 0.05) is 4.88 Å². The van der Waals surface area contributed by atoms with Crippen LogP contribution in [0.25, 0.3) is 0 Å². The highest BCUT2D eigenvalue weighted by atomic mass is 32.1. The van der Waals surface area contributed by atoms with Crippen molar-refractivity contribution in [2.24, 2.45) is 0 Å². The quantitative estimate of drug-likeness (QED) is 0.869. The van der Waals surface area contributed by atoms with E-state index in [0.29, 0.717) is 5.13 Å². The maximum atomic E-state index is 12.8. The molecule has 18 heavy (non-hydrogen) atoms. The van der Waals surface area contributed by atoms with Crippen LogP contribution >= 0.6 is 11.3 Å². The van der Waals surface area contributed by atoms with Gasteiger partial charge in [0.25, 0.3) is 0 Å². The molecule has 0 amide bonds. The zero-order valence-corrected chi connectivity index (χ0v) is 10.6. The number of aromatic nitrogens is 1. The molecule has 2 rings (SSSR count). The Labute approximate surface area is 106 Å². The lowest BCUT2D eigenvalue weighted by molar-refractivity contribution is -0.136. The predicted molar refractivity (Wildman–Crippen MR) is 66.3 cm³/mol. The molecule has 0 radical (unpaired) electrons. The molecular formula is C12H11F3N2S. The van der Waals surface area contributed by atoms with Gasteiger partial charge in [-0.1, -0.05) is 12.1 Å². The molecule has 0 atom stereocenters. The van der Waals surface area contributed by atoms with Crippen molar-refractivity contribution in [3.05, 3.63) is 40.4 Å². The van der Waals surface area contributed by atoms with E-state index >= 15 is 0 Å². The first kappa shape index (κ1) is 12.9. The minimum Gasteiger partial charge on any atom is -0.331 e. The summed E-state index contributed by atoms with van der Waals surface area (Å²) in [6, 6.07) is 5.38. The van der Waals surface area contributed by atoms with Gasteiger partial charge in [0.2, 0.25) is 0 Å². The third kappa shape index (κ3) is 2.64. The normalized spacial score (nSPS) is 11.6. The molecule has 1 aromatic heterocycles. The molecule has 0 saturated heterocycles. The molecule has 0 unspecified atom stereocenters. The minimum atomic E-state index is -4.37. The standard InChI is InChI=1S/C12H11F3N2S/c1-7-8(2)18-11(16-7)17-10-6-4-3-5-9(10)12(13,14)15/h3-6H,1-2H3,(H,16,17). The average molecular weight is 272 g/mol. The Hall–Kier alpha value is -1.56. The largest absolute Gasteiger partial charge is 0.418 e. The van der Waals surface area contributed by atoms with E-state index in [-0.39, 0.29) is 5.69 Å². The highest BCUT2D eigenvalue weighted by Crippen LogP contribution is 2.36. The number of alkyl halides is 3. The van der Waals surface area contributed by atoms with Gasteiger partial charge in [-0.2, -0.15) is 13.2 Å². The van der Waals surface area contributed by atoms with Crippen LogP contribution in [-0.4, -0.2) is 4.98 Å². The minimum absolute atomic E-state index is 0.0266. The summed E-state index contributed by atoms with van der Waals surface area (Å²) in [4.78, 5) is 5.16. The molecule has 0 saturated carbocycles. The van der Waals surface area contributed by atoms with E-state index in [9.17, 15) is 13.2 Å². The summed E-state index contributed by atoms with van der Waals surface area (Å²) in [7, 11) is 0. The fourth-order valence-corrected chi connectivity index (χ4v) is 2.31. The SMILES string of the molecule is Cc1nc(Nc2ccccc2C(F)(F)F)sc1C. The molecule has 0 fully saturated rings. The summed E-state index contributed by atoms with van der Waals surface area (Å²) in [5.41, 5.74) is 0.168. The zero-order chi connectivity index (χ0) is 13.3. The topological polar surface area (TPSA) is 24.9 Å². The Morgan fingerprint density at radius 1 is 1.17 bits per heavy atom. The Morgan fingerprint density at radius 3 is 2.39 bits per heavy atom. The number of nitrogens with zero attached hydrogens (tertiary/aromatic N) is 1. The molecule has 96 valence electrons. The van der Waals surface area contributed by atoms with Crippen LogP contribution in [0.2, 0.25) is 0 Å². The second kappa shape index (κ2) is 4.61. The van der Waals surface area contributed by atoms with Crippen molar-refractivity contribution in [1.29, 1.82) is 0 Å². The smallest absolute Gasteiger partial charge is 0.331 e. The van der Waals surface area contributed by atoms with E-state index in [1.807, 2.05) is 13.8 Å². The molecule has 6 heteroatoms. The third-order valence-corrected chi connectivity index (χ3v) is 3.49. The van der Waals surface area contributed by atoms with E-state index in [0.717, 1.165) is 16.6 Å². The van der Waals surface area contributed by atoms with Crippen LogP contribution in [0, 0.1) is 13.8 Å². The number of hydrogen-bond acceptors (Lipinski definition) is 3. The summed E-state index contributed by atoms with van der Waals surface area (Å²) in [6.45, 7) is 3.71. The number of hydrogen-bond donors (Lipinski definition) is 1. The van der Waals surface area contributed by atoms with Crippen LogP contribution in [0.15, 0.2) is 24.3 Å². The Balaban J connectivity index is 2.35. The van der Waals surface area contributed by atoms with Gasteiger partial charge in [0.1, 0.15) is 0 Å². The molecule has 2 aromatic rings. The van der Waals surface area contributed by atoms with Crippen LogP contribution in [0.3, 0.4) is 0 Å². The molecule has 0 spiro atoms. The zero-order valence-electron chi connectivity index (χ0n) is 9.80. The van der Waals surface area contributed by atoms with Crippen molar-refractivity contribution in [2.75, 3.05) is 5.32 Å². The highest BCUT2D eigenvalue weighted by molar-refractivity contribution is 7.15. The summed E-state index contributed by atoms with van der Waals surface area (Å²) >= 11 is 1.34. The van der Waals surface area contributed by atoms with Crippen LogP contribution in [0.1, 0.15) is 16.1 Å². The lowest BCUT2D eigenvalue weighted by Gasteiger charge is -2.12.